The van der Waals surface area contributed by atoms with Crippen LogP contribution >= 0.6 is 0 Å². The summed E-state index contributed by atoms with van der Waals surface area (Å²) in [6.07, 6.45) is 0. The first-order chi connectivity index (χ1) is 18.6. The van der Waals surface area contributed by atoms with Crippen molar-refractivity contribution in [3.8, 4) is 34.1 Å². The molecule has 12 heteroatoms. The maximum atomic E-state index is 13.0. The van der Waals surface area contributed by atoms with Crippen LogP contribution < -0.4 is 17.8 Å². The van der Waals surface area contributed by atoms with Gasteiger partial charge in [-0.05, 0) is 71.8 Å². The zero-order valence-electron chi connectivity index (χ0n) is 20.6. The summed E-state index contributed by atoms with van der Waals surface area (Å²) in [5.74, 6) is 1.10. The second kappa shape index (κ2) is 9.97. The average molecular weight is 568 g/mol. The fourth-order valence-corrected chi connectivity index (χ4v) is 6.01. The molecule has 0 radical (unpaired) electrons. The zero-order valence-corrected chi connectivity index (χ0v) is 22.2. The Morgan fingerprint density at radius 3 is 1.56 bits per heavy atom. The number of oxime groups is 1. The highest BCUT2D eigenvalue weighted by molar-refractivity contribution is 7.87. The lowest BCUT2D eigenvalue weighted by molar-refractivity contribution is 0.320. The number of benzene rings is 4. The van der Waals surface area contributed by atoms with E-state index in [1.54, 1.807) is 24.3 Å². The molecule has 0 atom stereocenters. The second-order valence-electron chi connectivity index (χ2n) is 8.29. The Labute approximate surface area is 224 Å². The smallest absolute Gasteiger partial charge is 0.339 e. The summed E-state index contributed by atoms with van der Waals surface area (Å²) in [7, 11) is -5.58. The Kier molecular flexibility index (Phi) is 6.66. The molecular weight excluding hydrogens is 546 g/mol. The fourth-order valence-electron chi connectivity index (χ4n) is 4.11. The Hall–Kier alpha value is -4.55. The van der Waals surface area contributed by atoms with Gasteiger partial charge in [0.15, 0.2) is 0 Å². The number of fused-ring (bicyclic) bond motifs is 3. The normalized spacial score (nSPS) is 13.4. The third-order valence-electron chi connectivity index (χ3n) is 5.97. The lowest BCUT2D eigenvalue weighted by atomic mass is 10.1. The van der Waals surface area contributed by atoms with Crippen LogP contribution in [0.25, 0.3) is 11.1 Å². The molecule has 0 fully saturated rings. The molecule has 39 heavy (non-hydrogen) atoms. The standard InChI is InChI=1S/C27H21NO9S2/c1-34-17-6-8-18(9-7-17)36-38(30,31)21-10-12-23-24-13-11-22(16-26(24)27(28-29)25(23)15-21)39(32,33)37-20-5-3-4-19(14-20)35-2/h3-16,29H,1-2H3/b28-27+. The summed E-state index contributed by atoms with van der Waals surface area (Å²) in [5.41, 5.74) is 1.68. The molecule has 0 saturated heterocycles. The van der Waals surface area contributed by atoms with Crippen LogP contribution in [-0.2, 0) is 20.2 Å². The molecule has 1 N–H and O–H groups in total. The molecule has 200 valence electrons. The van der Waals surface area contributed by atoms with Crippen LogP contribution in [0.15, 0.2) is 99.9 Å². The quantitative estimate of drug-likeness (QED) is 0.164. The van der Waals surface area contributed by atoms with Gasteiger partial charge in [-0.3, -0.25) is 0 Å². The van der Waals surface area contributed by atoms with Gasteiger partial charge in [0, 0.05) is 17.2 Å². The molecule has 0 amide bonds. The highest BCUT2D eigenvalue weighted by Crippen LogP contribution is 2.40. The maximum absolute atomic E-state index is 13.0. The molecule has 1 aliphatic carbocycles. The average Bonchev–Trinajstić information content (AvgIpc) is 3.25. The van der Waals surface area contributed by atoms with E-state index >= 15 is 0 Å². The van der Waals surface area contributed by atoms with E-state index in [0.717, 1.165) is 0 Å². The SMILES string of the molecule is COc1ccc(OS(=O)(=O)c2ccc3c(c2)/C(=N\O)c2cc(S(=O)(=O)Oc4cccc(OC)c4)ccc2-3)cc1. The first kappa shape index (κ1) is 26.1. The summed E-state index contributed by atoms with van der Waals surface area (Å²) < 4.78 is 72.6. The largest absolute Gasteiger partial charge is 0.497 e. The van der Waals surface area contributed by atoms with Gasteiger partial charge in [-0.15, -0.1) is 0 Å². The molecular formula is C27H21NO9S2. The van der Waals surface area contributed by atoms with Crippen LogP contribution in [0.2, 0.25) is 0 Å². The van der Waals surface area contributed by atoms with Gasteiger partial charge in [-0.1, -0.05) is 23.4 Å². The number of rotatable bonds is 8. The minimum absolute atomic E-state index is 0.0000668. The van der Waals surface area contributed by atoms with Gasteiger partial charge in [0.25, 0.3) is 0 Å². The van der Waals surface area contributed by atoms with Gasteiger partial charge in [-0.2, -0.15) is 16.8 Å². The molecule has 10 nitrogen and oxygen atoms in total. The Morgan fingerprint density at radius 2 is 1.05 bits per heavy atom. The predicted octanol–water partition coefficient (Wildman–Crippen LogP) is 4.45. The second-order valence-corrected chi connectivity index (χ2v) is 11.4. The molecule has 4 aromatic carbocycles. The molecule has 0 bridgehead atoms. The van der Waals surface area contributed by atoms with E-state index in [1.165, 1.54) is 74.9 Å². The number of nitrogens with zero attached hydrogens (tertiary/aromatic N) is 1. The molecule has 4 aromatic rings. The van der Waals surface area contributed by atoms with Crippen LogP contribution in [0.4, 0.5) is 0 Å². The lowest BCUT2D eigenvalue weighted by Crippen LogP contribution is -2.11. The summed E-state index contributed by atoms with van der Waals surface area (Å²) in [6, 6.07) is 20.6. The van der Waals surface area contributed by atoms with Crippen molar-refractivity contribution in [2.24, 2.45) is 5.16 Å². The van der Waals surface area contributed by atoms with Gasteiger partial charge in [0.1, 0.15) is 38.5 Å². The van der Waals surface area contributed by atoms with E-state index in [1.807, 2.05) is 0 Å². The monoisotopic (exact) mass is 567 g/mol. The van der Waals surface area contributed by atoms with Crippen molar-refractivity contribution < 1.29 is 39.9 Å². The third kappa shape index (κ3) is 4.99. The molecule has 0 saturated carbocycles. The first-order valence-electron chi connectivity index (χ1n) is 11.3. The third-order valence-corrected chi connectivity index (χ3v) is 8.46. The highest BCUT2D eigenvalue weighted by Gasteiger charge is 2.30. The van der Waals surface area contributed by atoms with E-state index in [0.29, 0.717) is 22.6 Å². The highest BCUT2D eigenvalue weighted by atomic mass is 32.2. The summed E-state index contributed by atoms with van der Waals surface area (Å²) in [4.78, 5) is -0.367. The molecule has 1 aliphatic rings. The van der Waals surface area contributed by atoms with Gasteiger partial charge >= 0.3 is 20.2 Å². The van der Waals surface area contributed by atoms with Gasteiger partial charge in [-0.25, -0.2) is 0 Å². The molecule has 0 heterocycles. The van der Waals surface area contributed by atoms with E-state index in [4.69, 9.17) is 17.8 Å². The van der Waals surface area contributed by atoms with Crippen LogP contribution in [0.5, 0.6) is 23.0 Å². The summed E-state index contributed by atoms with van der Waals surface area (Å²) in [6.45, 7) is 0. The van der Waals surface area contributed by atoms with Gasteiger partial charge < -0.3 is 23.0 Å². The topological polar surface area (TPSA) is 138 Å². The Morgan fingerprint density at radius 1 is 0.564 bits per heavy atom. The summed E-state index contributed by atoms with van der Waals surface area (Å²) >= 11 is 0. The van der Waals surface area contributed by atoms with Crippen molar-refractivity contribution in [1.82, 2.24) is 0 Å². The van der Waals surface area contributed by atoms with Gasteiger partial charge in [0.2, 0.25) is 0 Å². The molecule has 0 unspecified atom stereocenters. The van der Waals surface area contributed by atoms with E-state index in [9.17, 15) is 22.0 Å². The number of methoxy groups -OCH3 is 2. The van der Waals surface area contributed by atoms with Crippen molar-refractivity contribution in [1.29, 1.82) is 0 Å². The van der Waals surface area contributed by atoms with Crippen molar-refractivity contribution in [2.75, 3.05) is 14.2 Å². The van der Waals surface area contributed by atoms with E-state index < -0.39 is 20.2 Å². The molecule has 5 rings (SSSR count). The first-order valence-corrected chi connectivity index (χ1v) is 14.2. The minimum atomic E-state index is -4.27. The zero-order chi connectivity index (χ0) is 27.8. The molecule has 0 spiro atoms. The van der Waals surface area contributed by atoms with Gasteiger partial charge in [0.05, 0.1) is 14.2 Å². The lowest BCUT2D eigenvalue weighted by Gasteiger charge is -2.09. The van der Waals surface area contributed by atoms with Crippen LogP contribution in [0, 0.1) is 0 Å². The molecule has 0 aromatic heterocycles. The van der Waals surface area contributed by atoms with Crippen LogP contribution in [0.3, 0.4) is 0 Å². The van der Waals surface area contributed by atoms with E-state index in [2.05, 4.69) is 5.16 Å². The van der Waals surface area contributed by atoms with Crippen molar-refractivity contribution in [3.63, 3.8) is 0 Å². The minimum Gasteiger partial charge on any atom is -0.497 e. The number of ether oxygens (including phenoxy) is 2. The van der Waals surface area contributed by atoms with Crippen molar-refractivity contribution in [3.05, 3.63) is 96.1 Å². The number of hydrogen-bond acceptors (Lipinski definition) is 10. The maximum Gasteiger partial charge on any atom is 0.339 e. The van der Waals surface area contributed by atoms with Crippen LogP contribution in [-0.4, -0.2) is 42.0 Å². The number of hydrogen-bond donors (Lipinski definition) is 1. The Bertz CT molecular complexity index is 1810. The van der Waals surface area contributed by atoms with Crippen molar-refractivity contribution >= 4 is 25.9 Å². The van der Waals surface area contributed by atoms with Crippen molar-refractivity contribution in [2.45, 2.75) is 9.79 Å². The summed E-state index contributed by atoms with van der Waals surface area (Å²) in [5, 5.41) is 13.2. The molecule has 0 aliphatic heterocycles. The Balaban J connectivity index is 1.46. The predicted molar refractivity (Wildman–Crippen MR) is 141 cm³/mol. The van der Waals surface area contributed by atoms with E-state index in [-0.39, 0.29) is 38.1 Å². The fraction of sp³-hybridized carbons (Fsp3) is 0.0741. The van der Waals surface area contributed by atoms with Crippen LogP contribution in [0.1, 0.15) is 11.1 Å².